The van der Waals surface area contributed by atoms with Crippen LogP contribution in [0.1, 0.15) is 19.8 Å². The molecule has 1 atom stereocenters. The highest BCUT2D eigenvalue weighted by Gasteiger charge is 2.28. The topological polar surface area (TPSA) is 66.6 Å². The molecule has 1 fully saturated rings. The minimum Gasteiger partial charge on any atom is -0.329 e. The van der Waals surface area contributed by atoms with E-state index in [-0.39, 0.29) is 17.9 Å². The van der Waals surface area contributed by atoms with Crippen LogP contribution in [0.25, 0.3) is 0 Å². The molecule has 1 aliphatic rings. The van der Waals surface area contributed by atoms with Crippen LogP contribution in [-0.2, 0) is 9.59 Å². The summed E-state index contributed by atoms with van der Waals surface area (Å²) in [5.74, 6) is -0.0948. The predicted molar refractivity (Wildman–Crippen MR) is 57.1 cm³/mol. The second-order valence-electron chi connectivity index (χ2n) is 4.00. The van der Waals surface area contributed by atoms with Crippen molar-refractivity contribution in [1.82, 2.24) is 9.80 Å². The number of nitrogens with zero attached hydrogens (tertiary/aromatic N) is 2. The quantitative estimate of drug-likeness (QED) is 0.620. The molecule has 0 bridgehead atoms. The van der Waals surface area contributed by atoms with E-state index in [0.29, 0.717) is 32.5 Å². The third-order valence-electron chi connectivity index (χ3n) is 2.92. The van der Waals surface area contributed by atoms with E-state index in [9.17, 15) is 9.59 Å². The molecule has 0 aromatic heterocycles. The zero-order chi connectivity index (χ0) is 11.4. The molecule has 1 heterocycles. The predicted octanol–water partition coefficient (Wildman–Crippen LogP) is -0.586. The number of amides is 2. The number of likely N-dealkylation sites (N-methyl/N-ethyl adjacent to an activating group) is 1. The average molecular weight is 213 g/mol. The molecule has 1 unspecified atom stereocenters. The maximum Gasteiger partial charge on any atom is 0.229 e. The fraction of sp³-hybridized carbons (Fsp3) is 0.800. The van der Waals surface area contributed by atoms with Gasteiger partial charge in [0.15, 0.2) is 0 Å². The highest BCUT2D eigenvalue weighted by atomic mass is 16.2. The molecule has 0 aromatic rings. The van der Waals surface area contributed by atoms with Crippen molar-refractivity contribution in [2.45, 2.75) is 25.8 Å². The molecular weight excluding hydrogens is 194 g/mol. The monoisotopic (exact) mass is 213 g/mol. The summed E-state index contributed by atoms with van der Waals surface area (Å²) in [6, 6.07) is 0.276. The zero-order valence-electron chi connectivity index (χ0n) is 9.40. The Morgan fingerprint density at radius 3 is 2.40 bits per heavy atom. The second kappa shape index (κ2) is 5.23. The number of likely N-dealkylation sites (tertiary alicyclic amines) is 1. The van der Waals surface area contributed by atoms with Gasteiger partial charge in [0, 0.05) is 38.5 Å². The standard InChI is InChI=1S/C10H19N3O2/c1-8(7-11)12(2)5-6-13-9(14)3-4-10(13)15/h8H,3-7,11H2,1-2H3. The Morgan fingerprint density at radius 1 is 1.40 bits per heavy atom. The van der Waals surface area contributed by atoms with Gasteiger partial charge in [-0.05, 0) is 14.0 Å². The van der Waals surface area contributed by atoms with Gasteiger partial charge in [0.25, 0.3) is 0 Å². The molecule has 0 aliphatic carbocycles. The first-order valence-corrected chi connectivity index (χ1v) is 5.29. The van der Waals surface area contributed by atoms with Gasteiger partial charge in [-0.25, -0.2) is 0 Å². The molecule has 0 saturated carbocycles. The summed E-state index contributed by atoms with van der Waals surface area (Å²) in [6.45, 7) is 3.78. The van der Waals surface area contributed by atoms with Crippen LogP contribution in [0.2, 0.25) is 0 Å². The summed E-state index contributed by atoms with van der Waals surface area (Å²) >= 11 is 0. The molecule has 15 heavy (non-hydrogen) atoms. The minimum absolute atomic E-state index is 0.0474. The maximum absolute atomic E-state index is 11.3. The smallest absolute Gasteiger partial charge is 0.229 e. The first kappa shape index (κ1) is 12.1. The Morgan fingerprint density at radius 2 is 1.93 bits per heavy atom. The van der Waals surface area contributed by atoms with Gasteiger partial charge in [-0.2, -0.15) is 0 Å². The molecule has 86 valence electrons. The maximum atomic E-state index is 11.3. The highest BCUT2D eigenvalue weighted by molar-refractivity contribution is 6.01. The number of carbonyl (C=O) groups excluding carboxylic acids is 2. The van der Waals surface area contributed by atoms with Crippen molar-refractivity contribution in [2.24, 2.45) is 5.73 Å². The average Bonchev–Trinajstić information content (AvgIpc) is 2.54. The molecule has 2 N–H and O–H groups in total. The summed E-state index contributed by atoms with van der Waals surface area (Å²) < 4.78 is 0. The second-order valence-corrected chi connectivity index (χ2v) is 4.00. The number of rotatable bonds is 5. The lowest BCUT2D eigenvalue weighted by atomic mass is 10.3. The number of hydrogen-bond acceptors (Lipinski definition) is 4. The molecule has 5 heteroatoms. The van der Waals surface area contributed by atoms with Gasteiger partial charge >= 0.3 is 0 Å². The van der Waals surface area contributed by atoms with Crippen molar-refractivity contribution in [3.8, 4) is 0 Å². The zero-order valence-corrected chi connectivity index (χ0v) is 9.40. The largest absolute Gasteiger partial charge is 0.329 e. The Kier molecular flexibility index (Phi) is 4.23. The first-order valence-electron chi connectivity index (χ1n) is 5.29. The molecule has 1 saturated heterocycles. The number of carbonyl (C=O) groups is 2. The van der Waals surface area contributed by atoms with Crippen LogP contribution in [0, 0.1) is 0 Å². The fourth-order valence-corrected chi connectivity index (χ4v) is 1.53. The van der Waals surface area contributed by atoms with Gasteiger partial charge in [0.05, 0.1) is 0 Å². The summed E-state index contributed by atoms with van der Waals surface area (Å²) in [6.07, 6.45) is 0.740. The number of hydrogen-bond donors (Lipinski definition) is 1. The van der Waals surface area contributed by atoms with Crippen LogP contribution in [0.15, 0.2) is 0 Å². The molecule has 1 rings (SSSR count). The van der Waals surface area contributed by atoms with Crippen LogP contribution < -0.4 is 5.73 Å². The molecular formula is C10H19N3O2. The number of imide groups is 1. The van der Waals surface area contributed by atoms with E-state index < -0.39 is 0 Å². The van der Waals surface area contributed by atoms with E-state index >= 15 is 0 Å². The van der Waals surface area contributed by atoms with Crippen molar-refractivity contribution in [3.05, 3.63) is 0 Å². The summed E-state index contributed by atoms with van der Waals surface area (Å²) in [7, 11) is 1.95. The van der Waals surface area contributed by atoms with Gasteiger partial charge < -0.3 is 10.6 Å². The van der Waals surface area contributed by atoms with Crippen LogP contribution in [0.3, 0.4) is 0 Å². The van der Waals surface area contributed by atoms with E-state index in [1.807, 2.05) is 14.0 Å². The van der Waals surface area contributed by atoms with Crippen molar-refractivity contribution in [3.63, 3.8) is 0 Å². The SMILES string of the molecule is CC(CN)N(C)CCN1C(=O)CCC1=O. The highest BCUT2D eigenvalue weighted by Crippen LogP contribution is 2.11. The molecule has 0 spiro atoms. The van der Waals surface area contributed by atoms with E-state index in [1.165, 1.54) is 4.90 Å². The van der Waals surface area contributed by atoms with Crippen LogP contribution in [0.4, 0.5) is 0 Å². The van der Waals surface area contributed by atoms with Gasteiger partial charge in [0.2, 0.25) is 11.8 Å². The summed E-state index contributed by atoms with van der Waals surface area (Å²) in [4.78, 5) is 26.0. The van der Waals surface area contributed by atoms with Crippen LogP contribution in [-0.4, -0.2) is 54.3 Å². The Hall–Kier alpha value is -0.940. The third-order valence-corrected chi connectivity index (χ3v) is 2.92. The van der Waals surface area contributed by atoms with E-state index in [1.54, 1.807) is 0 Å². The van der Waals surface area contributed by atoms with Gasteiger partial charge in [-0.3, -0.25) is 14.5 Å². The molecule has 5 nitrogen and oxygen atoms in total. The first-order chi connectivity index (χ1) is 7.06. The molecule has 2 amide bonds. The Labute approximate surface area is 90.2 Å². The Balaban J connectivity index is 2.36. The van der Waals surface area contributed by atoms with E-state index in [0.717, 1.165) is 0 Å². The van der Waals surface area contributed by atoms with Crippen molar-refractivity contribution < 1.29 is 9.59 Å². The van der Waals surface area contributed by atoms with Crippen molar-refractivity contribution in [1.29, 1.82) is 0 Å². The van der Waals surface area contributed by atoms with Crippen LogP contribution in [0.5, 0.6) is 0 Å². The van der Waals surface area contributed by atoms with E-state index in [4.69, 9.17) is 5.73 Å². The third kappa shape index (κ3) is 3.00. The summed E-state index contributed by atoms with van der Waals surface area (Å²) in [5, 5.41) is 0. The van der Waals surface area contributed by atoms with E-state index in [2.05, 4.69) is 4.90 Å². The van der Waals surface area contributed by atoms with Crippen LogP contribution >= 0.6 is 0 Å². The lowest BCUT2D eigenvalue weighted by Crippen LogP contribution is -2.42. The van der Waals surface area contributed by atoms with Gasteiger partial charge in [0.1, 0.15) is 0 Å². The van der Waals surface area contributed by atoms with Gasteiger partial charge in [-0.15, -0.1) is 0 Å². The fourth-order valence-electron chi connectivity index (χ4n) is 1.53. The molecule has 1 aliphatic heterocycles. The number of nitrogens with two attached hydrogens (primary N) is 1. The summed E-state index contributed by atoms with van der Waals surface area (Å²) in [5.41, 5.74) is 5.52. The minimum atomic E-state index is -0.0474. The van der Waals surface area contributed by atoms with Gasteiger partial charge in [-0.1, -0.05) is 0 Å². The molecule has 0 radical (unpaired) electrons. The lowest BCUT2D eigenvalue weighted by molar-refractivity contribution is -0.138. The lowest BCUT2D eigenvalue weighted by Gasteiger charge is -2.25. The molecule has 0 aromatic carbocycles. The van der Waals surface area contributed by atoms with Crippen molar-refractivity contribution in [2.75, 3.05) is 26.7 Å². The Bertz CT molecular complexity index is 239. The van der Waals surface area contributed by atoms with Crippen molar-refractivity contribution >= 4 is 11.8 Å². The normalized spacial score (nSPS) is 19.1.